The van der Waals surface area contributed by atoms with Gasteiger partial charge in [0.15, 0.2) is 0 Å². The number of halogens is 1. The minimum absolute atomic E-state index is 0.212. The van der Waals surface area contributed by atoms with Crippen LogP contribution < -0.4 is 0 Å². The van der Waals surface area contributed by atoms with Crippen molar-refractivity contribution in [1.29, 1.82) is 0 Å². The van der Waals surface area contributed by atoms with Crippen LogP contribution in [0.4, 0.5) is 0 Å². The number of aromatic nitrogens is 1. The predicted octanol–water partition coefficient (Wildman–Crippen LogP) is 10.4. The molecule has 1 aromatic heterocycles. The first-order valence-electron chi connectivity index (χ1n) is 13.9. The van der Waals surface area contributed by atoms with Gasteiger partial charge in [-0.15, -0.1) is 0 Å². The molecule has 0 saturated carbocycles. The van der Waals surface area contributed by atoms with Gasteiger partial charge >= 0.3 is 0 Å². The zero-order chi connectivity index (χ0) is 27.1. The van der Waals surface area contributed by atoms with E-state index in [9.17, 15) is 0 Å². The number of ether oxygens (including phenoxy) is 2. The van der Waals surface area contributed by atoms with Gasteiger partial charge < -0.3 is 14.5 Å². The van der Waals surface area contributed by atoms with Gasteiger partial charge in [-0.2, -0.15) is 0 Å². The Morgan fingerprint density at radius 2 is 1.57 bits per heavy atom. The van der Waals surface area contributed by atoms with Gasteiger partial charge in [0.2, 0.25) is 0 Å². The molecule has 200 valence electrons. The fraction of sp³-hybridized carbons (Fsp3) is 0.167. The van der Waals surface area contributed by atoms with E-state index in [2.05, 4.69) is 93.7 Å². The molecular weight excluding hydrogens is 558 g/mol. The van der Waals surface area contributed by atoms with Gasteiger partial charge in [0.05, 0.1) is 12.4 Å². The maximum atomic E-state index is 6.18. The van der Waals surface area contributed by atoms with Gasteiger partial charge in [-0.3, -0.25) is 0 Å². The normalized spacial score (nSPS) is 16.3. The minimum atomic E-state index is 0.212. The van der Waals surface area contributed by atoms with Crippen LogP contribution in [-0.4, -0.2) is 18.2 Å². The molecule has 0 bridgehead atoms. The Labute approximate surface area is 243 Å². The maximum Gasteiger partial charge on any atom is 0.106 e. The Morgan fingerprint density at radius 3 is 2.23 bits per heavy atom. The van der Waals surface area contributed by atoms with Crippen molar-refractivity contribution in [3.8, 4) is 11.1 Å². The zero-order valence-corrected chi connectivity index (χ0v) is 23.9. The SMILES string of the molecule is Brc1ccc(-c2cc3cccc4ccc5c(C6CCCCO6)ccc2c5c43)cc1.C1=CCOC=C1.c1cc[nH]c1. The molecule has 0 spiro atoms. The number of nitrogens with one attached hydrogen (secondary N) is 1. The highest BCUT2D eigenvalue weighted by Crippen LogP contribution is 2.43. The molecule has 8 rings (SSSR count). The highest BCUT2D eigenvalue weighted by atomic mass is 79.9. The Bertz CT molecular complexity index is 1700. The summed E-state index contributed by atoms with van der Waals surface area (Å²) in [6.07, 6.45) is 15.0. The van der Waals surface area contributed by atoms with Crippen LogP contribution in [0.25, 0.3) is 43.4 Å². The van der Waals surface area contributed by atoms with Gasteiger partial charge in [0.25, 0.3) is 0 Å². The quantitative estimate of drug-likeness (QED) is 0.204. The van der Waals surface area contributed by atoms with Gasteiger partial charge in [-0.05, 0) is 111 Å². The molecule has 40 heavy (non-hydrogen) atoms. The Hall–Kier alpha value is -3.86. The first-order valence-corrected chi connectivity index (χ1v) is 14.7. The number of aromatic amines is 1. The Morgan fingerprint density at radius 1 is 0.750 bits per heavy atom. The summed E-state index contributed by atoms with van der Waals surface area (Å²) in [7, 11) is 0. The molecule has 1 N–H and O–H groups in total. The number of hydrogen-bond acceptors (Lipinski definition) is 2. The van der Waals surface area contributed by atoms with Crippen LogP contribution in [0.15, 0.2) is 126 Å². The lowest BCUT2D eigenvalue weighted by molar-refractivity contribution is 0.0159. The Kier molecular flexibility index (Phi) is 8.27. The summed E-state index contributed by atoms with van der Waals surface area (Å²) in [4.78, 5) is 2.86. The largest absolute Gasteiger partial charge is 0.497 e. The van der Waals surface area contributed by atoms with E-state index in [1.54, 1.807) is 6.26 Å². The summed E-state index contributed by atoms with van der Waals surface area (Å²) >= 11 is 3.57. The van der Waals surface area contributed by atoms with E-state index in [4.69, 9.17) is 9.47 Å². The average molecular weight is 591 g/mol. The fourth-order valence-electron chi connectivity index (χ4n) is 5.61. The van der Waals surface area contributed by atoms with Gasteiger partial charge in [-0.25, -0.2) is 0 Å². The molecular formula is C36H32BrNO2. The molecule has 1 fully saturated rings. The van der Waals surface area contributed by atoms with E-state index in [-0.39, 0.29) is 6.10 Å². The second-order valence-electron chi connectivity index (χ2n) is 10.0. The minimum Gasteiger partial charge on any atom is -0.497 e. The van der Waals surface area contributed by atoms with Crippen molar-refractivity contribution in [2.24, 2.45) is 0 Å². The van der Waals surface area contributed by atoms with E-state index in [1.807, 2.05) is 42.8 Å². The van der Waals surface area contributed by atoms with E-state index >= 15 is 0 Å². The lowest BCUT2D eigenvalue weighted by Crippen LogP contribution is -2.12. The number of benzene rings is 5. The molecule has 6 aromatic rings. The smallest absolute Gasteiger partial charge is 0.106 e. The van der Waals surface area contributed by atoms with Crippen LogP contribution in [0.5, 0.6) is 0 Å². The Balaban J connectivity index is 0.000000219. The van der Waals surface area contributed by atoms with Crippen molar-refractivity contribution in [3.63, 3.8) is 0 Å². The second kappa shape index (κ2) is 12.5. The van der Waals surface area contributed by atoms with Crippen molar-refractivity contribution in [1.82, 2.24) is 4.98 Å². The van der Waals surface area contributed by atoms with Crippen LogP contribution in [-0.2, 0) is 9.47 Å². The van der Waals surface area contributed by atoms with Crippen molar-refractivity contribution in [3.05, 3.63) is 132 Å². The molecule has 0 radical (unpaired) electrons. The zero-order valence-electron chi connectivity index (χ0n) is 22.4. The summed E-state index contributed by atoms with van der Waals surface area (Å²) in [6.45, 7) is 1.60. The van der Waals surface area contributed by atoms with Gasteiger partial charge in [0.1, 0.15) is 6.61 Å². The molecule has 0 amide bonds. The van der Waals surface area contributed by atoms with Crippen LogP contribution in [0.2, 0.25) is 0 Å². The molecule has 5 aromatic carbocycles. The van der Waals surface area contributed by atoms with Crippen LogP contribution in [0.1, 0.15) is 30.9 Å². The van der Waals surface area contributed by atoms with Gasteiger partial charge in [0, 0.05) is 23.5 Å². The number of rotatable bonds is 2. The summed E-state index contributed by atoms with van der Waals surface area (Å²) in [5, 5.41) is 8.04. The molecule has 1 saturated heterocycles. The number of allylic oxidation sites excluding steroid dienone is 2. The highest BCUT2D eigenvalue weighted by molar-refractivity contribution is 9.10. The first-order chi connectivity index (χ1) is 19.8. The number of H-pyrrole nitrogens is 1. The van der Waals surface area contributed by atoms with Crippen molar-refractivity contribution in [2.75, 3.05) is 13.2 Å². The van der Waals surface area contributed by atoms with Crippen molar-refractivity contribution in [2.45, 2.75) is 25.4 Å². The van der Waals surface area contributed by atoms with Crippen molar-refractivity contribution < 1.29 is 9.47 Å². The van der Waals surface area contributed by atoms with Gasteiger partial charge in [-0.1, -0.05) is 76.6 Å². The third kappa shape index (κ3) is 5.70. The third-order valence-corrected chi connectivity index (χ3v) is 8.00. The fourth-order valence-corrected chi connectivity index (χ4v) is 5.88. The van der Waals surface area contributed by atoms with E-state index in [0.717, 1.165) is 24.1 Å². The first kappa shape index (κ1) is 26.4. The predicted molar refractivity (Wildman–Crippen MR) is 171 cm³/mol. The maximum absolute atomic E-state index is 6.18. The highest BCUT2D eigenvalue weighted by Gasteiger charge is 2.21. The van der Waals surface area contributed by atoms with E-state index < -0.39 is 0 Å². The lowest BCUT2D eigenvalue weighted by atomic mass is 9.86. The molecule has 4 heteroatoms. The molecule has 3 heterocycles. The standard InChI is InChI=1S/C27H21BrO.C5H6O.C4H5N/c28-20-10-7-17(8-11-20)24-16-19-5-3-4-18-9-12-22-21(25-6-1-2-15-29-25)13-14-23(24)27(22)26(18)19;1-2-4-6-5-3-1;1-2-4-5-3-1/h3-5,7-14,16,25H,1-2,6,15H2;1-4H,5H2;1-5H. The third-order valence-electron chi connectivity index (χ3n) is 7.47. The molecule has 3 nitrogen and oxygen atoms in total. The average Bonchev–Trinajstić information content (AvgIpc) is 3.62. The molecule has 1 atom stereocenters. The van der Waals surface area contributed by atoms with E-state index in [0.29, 0.717) is 0 Å². The number of hydrogen-bond donors (Lipinski definition) is 1. The molecule has 2 aliphatic rings. The molecule has 1 unspecified atom stereocenters. The molecule has 0 aliphatic carbocycles. The lowest BCUT2D eigenvalue weighted by Gasteiger charge is -2.25. The van der Waals surface area contributed by atoms with Crippen LogP contribution >= 0.6 is 15.9 Å². The molecule has 2 aliphatic heterocycles. The van der Waals surface area contributed by atoms with Crippen LogP contribution in [0, 0.1) is 0 Å². The van der Waals surface area contributed by atoms with Crippen LogP contribution in [0.3, 0.4) is 0 Å². The summed E-state index contributed by atoms with van der Waals surface area (Å²) < 4.78 is 12.1. The second-order valence-corrected chi connectivity index (χ2v) is 10.9. The summed E-state index contributed by atoms with van der Waals surface area (Å²) in [5.74, 6) is 0. The topological polar surface area (TPSA) is 34.2 Å². The van der Waals surface area contributed by atoms with E-state index in [1.165, 1.54) is 61.8 Å². The summed E-state index contributed by atoms with van der Waals surface area (Å²) in [5.41, 5.74) is 3.89. The summed E-state index contributed by atoms with van der Waals surface area (Å²) in [6, 6.07) is 30.7. The monoisotopic (exact) mass is 589 g/mol. The van der Waals surface area contributed by atoms with Crippen molar-refractivity contribution >= 4 is 48.2 Å².